The molecule has 4 aromatic carbocycles. The standard InChI is InChI=1S/C24H16NO.C12H10N.Ir/c1-2-6-17(7-3-1)14-18-12-13-25-22(15-18)19-10-11-24-21(16-19)20-8-4-5-9-23(20)26-24;1-10-7-8-12(13-9-10)11-5-3-2-4-6-11;/h1-9,11-13,15-16H,14H2;2-5,7-9H,1H3;/q2*-1;. The van der Waals surface area contributed by atoms with Gasteiger partial charge in [-0.1, -0.05) is 72.1 Å². The first-order valence-corrected chi connectivity index (χ1v) is 12.9. The summed E-state index contributed by atoms with van der Waals surface area (Å²) in [4.78, 5) is 8.88. The number of furan rings is 1. The fraction of sp³-hybridized carbons (Fsp3) is 0.0556. The van der Waals surface area contributed by atoms with Gasteiger partial charge in [-0.3, -0.25) is 0 Å². The Balaban J connectivity index is 0.000000195. The van der Waals surface area contributed by atoms with Crippen molar-refractivity contribution in [2.24, 2.45) is 0 Å². The zero-order valence-electron chi connectivity index (χ0n) is 22.0. The predicted molar refractivity (Wildman–Crippen MR) is 158 cm³/mol. The van der Waals surface area contributed by atoms with Gasteiger partial charge in [0.25, 0.3) is 0 Å². The van der Waals surface area contributed by atoms with E-state index in [0.717, 1.165) is 50.9 Å². The molecule has 40 heavy (non-hydrogen) atoms. The molecule has 1 radical (unpaired) electrons. The van der Waals surface area contributed by atoms with Crippen LogP contribution < -0.4 is 0 Å². The van der Waals surface area contributed by atoms with Crippen LogP contribution in [0.1, 0.15) is 16.7 Å². The summed E-state index contributed by atoms with van der Waals surface area (Å²) in [5, 5.41) is 2.22. The van der Waals surface area contributed by atoms with E-state index in [2.05, 4.69) is 76.7 Å². The summed E-state index contributed by atoms with van der Waals surface area (Å²) >= 11 is 0. The molecule has 0 aliphatic rings. The molecule has 3 heterocycles. The maximum atomic E-state index is 5.89. The van der Waals surface area contributed by atoms with Crippen molar-refractivity contribution in [1.29, 1.82) is 0 Å². The van der Waals surface area contributed by atoms with E-state index in [-0.39, 0.29) is 20.1 Å². The Morgan fingerprint density at radius 1 is 0.650 bits per heavy atom. The van der Waals surface area contributed by atoms with Crippen LogP contribution in [-0.4, -0.2) is 9.97 Å². The first-order valence-electron chi connectivity index (χ1n) is 12.9. The van der Waals surface area contributed by atoms with Gasteiger partial charge >= 0.3 is 0 Å². The van der Waals surface area contributed by atoms with Crippen LogP contribution in [-0.2, 0) is 26.5 Å². The molecule has 3 aromatic heterocycles. The number of aromatic nitrogens is 2. The Labute approximate surface area is 247 Å². The van der Waals surface area contributed by atoms with Crippen molar-refractivity contribution in [3.05, 3.63) is 156 Å². The third-order valence-corrected chi connectivity index (χ3v) is 6.56. The fourth-order valence-electron chi connectivity index (χ4n) is 4.56. The minimum Gasteiger partial charge on any atom is -0.500 e. The summed E-state index contributed by atoms with van der Waals surface area (Å²) in [5.41, 5.74) is 9.42. The van der Waals surface area contributed by atoms with Crippen molar-refractivity contribution >= 4 is 21.9 Å². The Kier molecular flexibility index (Phi) is 8.61. The van der Waals surface area contributed by atoms with Gasteiger partial charge in [0, 0.05) is 37.9 Å². The van der Waals surface area contributed by atoms with Crippen LogP contribution in [0.4, 0.5) is 0 Å². The summed E-state index contributed by atoms with van der Waals surface area (Å²) in [6.45, 7) is 2.03. The van der Waals surface area contributed by atoms with Crippen LogP contribution in [0.15, 0.2) is 132 Å². The molecular formula is C36H26IrN2O-2. The van der Waals surface area contributed by atoms with Crippen LogP contribution in [0.25, 0.3) is 44.5 Å². The maximum absolute atomic E-state index is 5.89. The Hall–Kier alpha value is -4.37. The summed E-state index contributed by atoms with van der Waals surface area (Å²) < 4.78 is 5.89. The van der Waals surface area contributed by atoms with Crippen molar-refractivity contribution in [1.82, 2.24) is 9.97 Å². The summed E-state index contributed by atoms with van der Waals surface area (Å²) in [7, 11) is 0. The quantitative estimate of drug-likeness (QED) is 0.173. The van der Waals surface area contributed by atoms with E-state index in [9.17, 15) is 0 Å². The number of hydrogen-bond acceptors (Lipinski definition) is 3. The van der Waals surface area contributed by atoms with Gasteiger partial charge in [0.1, 0.15) is 5.58 Å². The second kappa shape index (κ2) is 12.7. The first-order chi connectivity index (χ1) is 19.2. The molecule has 0 aliphatic heterocycles. The fourth-order valence-corrected chi connectivity index (χ4v) is 4.56. The first kappa shape index (κ1) is 27.2. The molecular weight excluding hydrogens is 669 g/mol. The van der Waals surface area contributed by atoms with Crippen LogP contribution in [0, 0.1) is 19.1 Å². The second-order valence-corrected chi connectivity index (χ2v) is 9.43. The second-order valence-electron chi connectivity index (χ2n) is 9.43. The monoisotopic (exact) mass is 695 g/mol. The average molecular weight is 695 g/mol. The van der Waals surface area contributed by atoms with Gasteiger partial charge in [0.15, 0.2) is 0 Å². The molecule has 0 N–H and O–H groups in total. The van der Waals surface area contributed by atoms with Crippen molar-refractivity contribution < 1.29 is 24.5 Å². The van der Waals surface area contributed by atoms with Crippen LogP contribution >= 0.6 is 0 Å². The Morgan fingerprint density at radius 3 is 2.27 bits per heavy atom. The predicted octanol–water partition coefficient (Wildman–Crippen LogP) is 8.89. The summed E-state index contributed by atoms with van der Waals surface area (Å²) in [6, 6.07) is 45.2. The number of hydrogen-bond donors (Lipinski definition) is 0. The van der Waals surface area contributed by atoms with Crippen LogP contribution in [0.3, 0.4) is 0 Å². The van der Waals surface area contributed by atoms with E-state index in [1.54, 1.807) is 0 Å². The normalized spacial score (nSPS) is 10.5. The van der Waals surface area contributed by atoms with Gasteiger partial charge in [-0.15, -0.1) is 59.7 Å². The number of pyridine rings is 2. The molecule has 0 spiro atoms. The maximum Gasteiger partial charge on any atom is 0.120 e. The average Bonchev–Trinajstić information content (AvgIpc) is 3.37. The van der Waals surface area contributed by atoms with Crippen LogP contribution in [0.5, 0.6) is 0 Å². The molecule has 3 nitrogen and oxygen atoms in total. The van der Waals surface area contributed by atoms with Crippen LogP contribution in [0.2, 0.25) is 0 Å². The molecule has 0 saturated heterocycles. The SMILES string of the molecule is Cc1ccc(-c2[c-]cccc2)nc1.[Ir].[c-]1cc2oc3ccccc3c2cc1-c1cc(Cc2ccccc2)ccn1. The van der Waals surface area contributed by atoms with Gasteiger partial charge in [-0.05, 0) is 53.6 Å². The molecule has 7 aromatic rings. The molecule has 0 bridgehead atoms. The van der Waals surface area contributed by atoms with E-state index in [1.807, 2.05) is 80.0 Å². The van der Waals surface area contributed by atoms with E-state index < -0.39 is 0 Å². The van der Waals surface area contributed by atoms with Crippen molar-refractivity contribution in [3.8, 4) is 22.5 Å². The molecule has 0 aliphatic carbocycles. The van der Waals surface area contributed by atoms with E-state index in [4.69, 9.17) is 4.42 Å². The molecule has 0 fully saturated rings. The summed E-state index contributed by atoms with van der Waals surface area (Å²) in [5.74, 6) is 0. The zero-order chi connectivity index (χ0) is 26.4. The smallest absolute Gasteiger partial charge is 0.120 e. The van der Waals surface area contributed by atoms with Gasteiger partial charge in [-0.2, -0.15) is 0 Å². The van der Waals surface area contributed by atoms with E-state index >= 15 is 0 Å². The molecule has 4 heteroatoms. The molecule has 197 valence electrons. The number of para-hydroxylation sites is 1. The molecule has 7 rings (SSSR count). The largest absolute Gasteiger partial charge is 0.500 e. The third kappa shape index (κ3) is 6.26. The Morgan fingerprint density at radius 2 is 1.48 bits per heavy atom. The summed E-state index contributed by atoms with van der Waals surface area (Å²) in [6.07, 6.45) is 4.64. The van der Waals surface area contributed by atoms with E-state index in [1.165, 1.54) is 16.7 Å². The minimum atomic E-state index is 0. The molecule has 0 atom stereocenters. The number of aryl methyl sites for hydroxylation is 1. The van der Waals surface area contributed by atoms with Gasteiger partial charge < -0.3 is 14.4 Å². The minimum absolute atomic E-state index is 0. The number of fused-ring (bicyclic) bond motifs is 3. The van der Waals surface area contributed by atoms with Crippen molar-refractivity contribution in [2.45, 2.75) is 13.3 Å². The number of nitrogens with zero attached hydrogens (tertiary/aromatic N) is 2. The number of rotatable bonds is 4. The van der Waals surface area contributed by atoms with Gasteiger partial charge in [-0.25, -0.2) is 0 Å². The topological polar surface area (TPSA) is 38.9 Å². The Bertz CT molecular complexity index is 1830. The molecule has 0 amide bonds. The number of benzene rings is 4. The molecule has 0 unspecified atom stereocenters. The van der Waals surface area contributed by atoms with Gasteiger partial charge in [0.05, 0.1) is 5.58 Å². The third-order valence-electron chi connectivity index (χ3n) is 6.56. The van der Waals surface area contributed by atoms with Crippen molar-refractivity contribution in [2.75, 3.05) is 0 Å². The molecule has 0 saturated carbocycles. The van der Waals surface area contributed by atoms with Crippen molar-refractivity contribution in [3.63, 3.8) is 0 Å². The van der Waals surface area contributed by atoms with E-state index in [0.29, 0.717) is 0 Å². The van der Waals surface area contributed by atoms with Gasteiger partial charge in [0.2, 0.25) is 0 Å². The zero-order valence-corrected chi connectivity index (χ0v) is 24.4.